The highest BCUT2D eigenvalue weighted by molar-refractivity contribution is 5.93. The van der Waals surface area contributed by atoms with E-state index < -0.39 is 5.97 Å². The Bertz CT molecular complexity index is 561. The van der Waals surface area contributed by atoms with E-state index in [2.05, 4.69) is 6.92 Å². The second-order valence-electron chi connectivity index (χ2n) is 4.19. The highest BCUT2D eigenvalue weighted by Gasteiger charge is 2.09. The molecule has 0 atom stereocenters. The third kappa shape index (κ3) is 2.62. The number of carboxylic acids is 1. The first-order chi connectivity index (χ1) is 8.72. The van der Waals surface area contributed by atoms with Crippen molar-refractivity contribution in [3.05, 3.63) is 42.0 Å². The summed E-state index contributed by atoms with van der Waals surface area (Å²) >= 11 is 0. The molecule has 0 aliphatic carbocycles. The van der Waals surface area contributed by atoms with E-state index in [1.165, 1.54) is 0 Å². The van der Waals surface area contributed by atoms with Crippen LogP contribution in [0.4, 0.5) is 0 Å². The smallest absolute Gasteiger partial charge is 0.307 e. The average molecular weight is 244 g/mol. The lowest BCUT2D eigenvalue weighted by Gasteiger charge is -2.11. The maximum Gasteiger partial charge on any atom is 0.307 e. The van der Waals surface area contributed by atoms with Crippen LogP contribution in [0.25, 0.3) is 10.8 Å². The maximum atomic E-state index is 10.8. The van der Waals surface area contributed by atoms with Crippen molar-refractivity contribution in [3.8, 4) is 5.75 Å². The van der Waals surface area contributed by atoms with Crippen molar-refractivity contribution in [1.29, 1.82) is 0 Å². The molecule has 0 aliphatic rings. The second-order valence-corrected chi connectivity index (χ2v) is 4.19. The molecule has 0 heterocycles. The number of ether oxygens (including phenoxy) is 1. The summed E-state index contributed by atoms with van der Waals surface area (Å²) in [7, 11) is 0. The molecule has 0 spiro atoms. The topological polar surface area (TPSA) is 46.5 Å². The van der Waals surface area contributed by atoms with E-state index in [1.54, 1.807) is 0 Å². The number of fused-ring (bicyclic) bond motifs is 1. The molecule has 2 aromatic rings. The number of benzene rings is 2. The van der Waals surface area contributed by atoms with Gasteiger partial charge in [0.05, 0.1) is 13.0 Å². The fraction of sp³-hybridized carbons (Fsp3) is 0.267. The Morgan fingerprint density at radius 2 is 1.89 bits per heavy atom. The largest absolute Gasteiger partial charge is 0.493 e. The molecule has 2 rings (SSSR count). The lowest BCUT2D eigenvalue weighted by atomic mass is 10.0. The summed E-state index contributed by atoms with van der Waals surface area (Å²) in [5, 5.41) is 10.8. The first-order valence-corrected chi connectivity index (χ1v) is 6.07. The first-order valence-electron chi connectivity index (χ1n) is 6.07. The second kappa shape index (κ2) is 5.54. The molecular weight excluding hydrogens is 228 g/mol. The molecule has 0 amide bonds. The van der Waals surface area contributed by atoms with E-state index >= 15 is 0 Å². The van der Waals surface area contributed by atoms with Crippen molar-refractivity contribution >= 4 is 16.7 Å². The van der Waals surface area contributed by atoms with Crippen LogP contribution >= 0.6 is 0 Å². The summed E-state index contributed by atoms with van der Waals surface area (Å²) in [6.45, 7) is 2.73. The number of aliphatic carboxylic acids is 1. The van der Waals surface area contributed by atoms with Crippen LogP contribution in [0.3, 0.4) is 0 Å². The Morgan fingerprint density at radius 1 is 1.17 bits per heavy atom. The highest BCUT2D eigenvalue weighted by atomic mass is 16.5. The van der Waals surface area contributed by atoms with Gasteiger partial charge in [0.25, 0.3) is 0 Å². The van der Waals surface area contributed by atoms with E-state index in [-0.39, 0.29) is 6.42 Å². The molecule has 0 radical (unpaired) electrons. The Hall–Kier alpha value is -2.03. The van der Waals surface area contributed by atoms with Gasteiger partial charge >= 0.3 is 5.97 Å². The molecule has 0 aliphatic heterocycles. The SMILES string of the molecule is CCCOc1ccc(CC(=O)O)c2ccccc12. The lowest BCUT2D eigenvalue weighted by molar-refractivity contribution is -0.136. The molecule has 0 fully saturated rings. The van der Waals surface area contributed by atoms with Crippen molar-refractivity contribution < 1.29 is 14.6 Å². The van der Waals surface area contributed by atoms with E-state index in [0.29, 0.717) is 6.61 Å². The van der Waals surface area contributed by atoms with Gasteiger partial charge in [-0.3, -0.25) is 4.79 Å². The monoisotopic (exact) mass is 244 g/mol. The van der Waals surface area contributed by atoms with Crippen molar-refractivity contribution in [2.24, 2.45) is 0 Å². The molecule has 0 saturated carbocycles. The number of hydrogen-bond acceptors (Lipinski definition) is 2. The molecule has 0 aromatic heterocycles. The third-order valence-electron chi connectivity index (χ3n) is 2.78. The molecule has 94 valence electrons. The van der Waals surface area contributed by atoms with Gasteiger partial charge in [0.1, 0.15) is 5.75 Å². The minimum atomic E-state index is -0.817. The summed E-state index contributed by atoms with van der Waals surface area (Å²) in [5.41, 5.74) is 0.821. The van der Waals surface area contributed by atoms with E-state index in [4.69, 9.17) is 9.84 Å². The zero-order valence-electron chi connectivity index (χ0n) is 10.3. The fourth-order valence-electron chi connectivity index (χ4n) is 1.99. The van der Waals surface area contributed by atoms with Gasteiger partial charge in [0.15, 0.2) is 0 Å². The molecule has 0 saturated heterocycles. The van der Waals surface area contributed by atoms with Crippen LogP contribution in [0.15, 0.2) is 36.4 Å². The maximum absolute atomic E-state index is 10.8. The number of carboxylic acid groups (broad SMARTS) is 1. The minimum Gasteiger partial charge on any atom is -0.493 e. The fourth-order valence-corrected chi connectivity index (χ4v) is 1.99. The number of hydrogen-bond donors (Lipinski definition) is 1. The van der Waals surface area contributed by atoms with Gasteiger partial charge in [-0.1, -0.05) is 37.3 Å². The van der Waals surface area contributed by atoms with Gasteiger partial charge in [-0.25, -0.2) is 0 Å². The average Bonchev–Trinajstić information content (AvgIpc) is 2.37. The number of carbonyl (C=O) groups is 1. The predicted molar refractivity (Wildman–Crippen MR) is 71.1 cm³/mol. The summed E-state index contributed by atoms with van der Waals surface area (Å²) in [6.07, 6.45) is 0.986. The van der Waals surface area contributed by atoms with Gasteiger partial charge in [-0.05, 0) is 23.4 Å². The highest BCUT2D eigenvalue weighted by Crippen LogP contribution is 2.29. The summed E-state index contributed by atoms with van der Waals surface area (Å²) in [4.78, 5) is 10.8. The van der Waals surface area contributed by atoms with E-state index in [9.17, 15) is 4.79 Å². The van der Waals surface area contributed by atoms with E-state index in [0.717, 1.165) is 28.5 Å². The molecule has 3 heteroatoms. The molecule has 18 heavy (non-hydrogen) atoms. The molecular formula is C15H16O3. The quantitative estimate of drug-likeness (QED) is 0.878. The van der Waals surface area contributed by atoms with Crippen LogP contribution in [0.2, 0.25) is 0 Å². The van der Waals surface area contributed by atoms with Gasteiger partial charge in [-0.15, -0.1) is 0 Å². The minimum absolute atomic E-state index is 0.0363. The van der Waals surface area contributed by atoms with Crippen molar-refractivity contribution in [1.82, 2.24) is 0 Å². The third-order valence-corrected chi connectivity index (χ3v) is 2.78. The molecule has 1 N–H and O–H groups in total. The molecule has 3 nitrogen and oxygen atoms in total. The standard InChI is InChI=1S/C15H16O3/c1-2-9-18-14-8-7-11(10-15(16)17)12-5-3-4-6-13(12)14/h3-8H,2,9-10H2,1H3,(H,16,17). The Morgan fingerprint density at radius 3 is 2.56 bits per heavy atom. The molecule has 0 bridgehead atoms. The van der Waals surface area contributed by atoms with Crippen molar-refractivity contribution in [3.63, 3.8) is 0 Å². The van der Waals surface area contributed by atoms with Crippen molar-refractivity contribution in [2.75, 3.05) is 6.61 Å². The van der Waals surface area contributed by atoms with Crippen LogP contribution in [-0.4, -0.2) is 17.7 Å². The lowest BCUT2D eigenvalue weighted by Crippen LogP contribution is -2.02. The molecule has 2 aromatic carbocycles. The van der Waals surface area contributed by atoms with Crippen LogP contribution in [0, 0.1) is 0 Å². The Balaban J connectivity index is 2.48. The van der Waals surface area contributed by atoms with Crippen LogP contribution in [-0.2, 0) is 11.2 Å². The van der Waals surface area contributed by atoms with Gasteiger partial charge in [0.2, 0.25) is 0 Å². The Kier molecular flexibility index (Phi) is 3.82. The van der Waals surface area contributed by atoms with Crippen LogP contribution in [0.1, 0.15) is 18.9 Å². The molecule has 0 unspecified atom stereocenters. The van der Waals surface area contributed by atoms with E-state index in [1.807, 2.05) is 36.4 Å². The normalized spacial score (nSPS) is 10.5. The van der Waals surface area contributed by atoms with Gasteiger partial charge in [-0.2, -0.15) is 0 Å². The van der Waals surface area contributed by atoms with Gasteiger partial charge < -0.3 is 9.84 Å². The number of rotatable bonds is 5. The summed E-state index contributed by atoms with van der Waals surface area (Å²) < 4.78 is 5.68. The summed E-state index contributed by atoms with van der Waals surface area (Å²) in [6, 6.07) is 11.4. The van der Waals surface area contributed by atoms with Crippen molar-refractivity contribution in [2.45, 2.75) is 19.8 Å². The van der Waals surface area contributed by atoms with Crippen LogP contribution in [0.5, 0.6) is 5.75 Å². The van der Waals surface area contributed by atoms with Gasteiger partial charge in [0, 0.05) is 5.39 Å². The summed E-state index contributed by atoms with van der Waals surface area (Å²) in [5.74, 6) is 0.00367. The zero-order chi connectivity index (χ0) is 13.0. The van der Waals surface area contributed by atoms with Crippen LogP contribution < -0.4 is 4.74 Å². The first kappa shape index (κ1) is 12.4. The predicted octanol–water partition coefficient (Wildman–Crippen LogP) is 3.26. The Labute approximate surface area is 106 Å². The zero-order valence-corrected chi connectivity index (χ0v) is 10.3.